The number of hydrogen-bond acceptors (Lipinski definition) is 3. The summed E-state index contributed by atoms with van der Waals surface area (Å²) in [5.74, 6) is -0.122. The molecule has 2 rings (SSSR count). The van der Waals surface area contributed by atoms with Gasteiger partial charge in [-0.2, -0.15) is 0 Å². The highest BCUT2D eigenvalue weighted by atomic mass is 16.3. The summed E-state index contributed by atoms with van der Waals surface area (Å²) in [4.78, 5) is 12.1. The van der Waals surface area contributed by atoms with Crippen LogP contribution < -0.4 is 11.1 Å². The molecule has 0 spiro atoms. The number of aliphatic hydroxyl groups is 1. The molecule has 1 aromatic rings. The molecule has 0 heterocycles. The van der Waals surface area contributed by atoms with Crippen LogP contribution >= 0.6 is 0 Å². The van der Waals surface area contributed by atoms with Crippen LogP contribution in [0.25, 0.3) is 0 Å². The minimum atomic E-state index is -0.715. The van der Waals surface area contributed by atoms with Gasteiger partial charge >= 0.3 is 0 Å². The molecule has 20 heavy (non-hydrogen) atoms. The number of benzene rings is 1. The summed E-state index contributed by atoms with van der Waals surface area (Å²) >= 11 is 0. The van der Waals surface area contributed by atoms with Gasteiger partial charge in [-0.05, 0) is 43.5 Å². The lowest BCUT2D eigenvalue weighted by molar-refractivity contribution is 0.00526. The van der Waals surface area contributed by atoms with E-state index < -0.39 is 5.60 Å². The third-order valence-electron chi connectivity index (χ3n) is 4.01. The second kappa shape index (κ2) is 6.86. The lowest BCUT2D eigenvalue weighted by Crippen LogP contribution is -2.44. The topological polar surface area (TPSA) is 75.4 Å². The van der Waals surface area contributed by atoms with Gasteiger partial charge in [-0.25, -0.2) is 0 Å². The van der Waals surface area contributed by atoms with Crippen molar-refractivity contribution in [2.24, 2.45) is 5.73 Å². The number of nitrogens with two attached hydrogens (primary N) is 1. The van der Waals surface area contributed by atoms with Crippen molar-refractivity contribution in [3.63, 3.8) is 0 Å². The van der Waals surface area contributed by atoms with Crippen molar-refractivity contribution in [1.29, 1.82) is 0 Å². The minimum Gasteiger partial charge on any atom is -0.388 e. The number of hydrogen-bond donors (Lipinski definition) is 3. The van der Waals surface area contributed by atoms with E-state index in [9.17, 15) is 9.90 Å². The van der Waals surface area contributed by atoms with Crippen LogP contribution in [0.1, 0.15) is 48.0 Å². The fourth-order valence-electron chi connectivity index (χ4n) is 2.72. The number of rotatable bonds is 5. The van der Waals surface area contributed by atoms with Crippen molar-refractivity contribution in [3.8, 4) is 0 Å². The highest BCUT2D eigenvalue weighted by Gasteiger charge is 2.29. The van der Waals surface area contributed by atoms with Gasteiger partial charge in [-0.1, -0.05) is 31.4 Å². The van der Waals surface area contributed by atoms with Crippen LogP contribution in [0.3, 0.4) is 0 Å². The van der Waals surface area contributed by atoms with Gasteiger partial charge in [-0.3, -0.25) is 4.79 Å². The molecular formula is C16H24N2O2. The molecule has 1 saturated carbocycles. The van der Waals surface area contributed by atoms with E-state index >= 15 is 0 Å². The maximum absolute atomic E-state index is 12.1. The van der Waals surface area contributed by atoms with Gasteiger partial charge in [0.2, 0.25) is 0 Å². The molecule has 1 fully saturated rings. The summed E-state index contributed by atoms with van der Waals surface area (Å²) in [6.45, 7) is 0.953. The van der Waals surface area contributed by atoms with Crippen molar-refractivity contribution >= 4 is 5.91 Å². The highest BCUT2D eigenvalue weighted by molar-refractivity contribution is 5.94. The quantitative estimate of drug-likeness (QED) is 0.765. The second-order valence-electron chi connectivity index (χ2n) is 5.70. The molecule has 1 aliphatic rings. The van der Waals surface area contributed by atoms with Crippen molar-refractivity contribution in [1.82, 2.24) is 5.32 Å². The van der Waals surface area contributed by atoms with E-state index in [4.69, 9.17) is 5.73 Å². The molecule has 4 heteroatoms. The first kappa shape index (κ1) is 15.0. The van der Waals surface area contributed by atoms with Crippen LogP contribution in [-0.2, 0) is 6.42 Å². The van der Waals surface area contributed by atoms with Crippen LogP contribution in [0.4, 0.5) is 0 Å². The molecule has 0 unspecified atom stereocenters. The van der Waals surface area contributed by atoms with Gasteiger partial charge in [0.1, 0.15) is 0 Å². The van der Waals surface area contributed by atoms with Crippen molar-refractivity contribution < 1.29 is 9.90 Å². The number of carbonyl (C=O) groups excluding carboxylic acids is 1. The van der Waals surface area contributed by atoms with E-state index in [1.807, 2.05) is 24.3 Å². The largest absolute Gasteiger partial charge is 0.388 e. The molecule has 0 aliphatic heterocycles. The average Bonchev–Trinajstić information content (AvgIpc) is 2.47. The first-order chi connectivity index (χ1) is 9.63. The molecule has 0 atom stereocenters. The molecule has 4 N–H and O–H groups in total. The predicted octanol–water partition coefficient (Wildman–Crippen LogP) is 1.61. The lowest BCUT2D eigenvalue weighted by Gasteiger charge is -2.32. The average molecular weight is 276 g/mol. The lowest BCUT2D eigenvalue weighted by atomic mass is 9.85. The Morgan fingerprint density at radius 2 is 1.85 bits per heavy atom. The third-order valence-corrected chi connectivity index (χ3v) is 4.01. The predicted molar refractivity (Wildman–Crippen MR) is 79.6 cm³/mol. The van der Waals surface area contributed by atoms with Crippen LogP contribution in [0.2, 0.25) is 0 Å². The Labute approximate surface area is 120 Å². The van der Waals surface area contributed by atoms with Crippen LogP contribution in [-0.4, -0.2) is 29.7 Å². The summed E-state index contributed by atoms with van der Waals surface area (Å²) in [5, 5.41) is 13.2. The Kier molecular flexibility index (Phi) is 5.15. The summed E-state index contributed by atoms with van der Waals surface area (Å²) < 4.78 is 0. The van der Waals surface area contributed by atoms with E-state index in [0.717, 1.165) is 37.7 Å². The SMILES string of the molecule is NCCc1ccc(C(=O)NCC2(O)CCCCC2)cc1. The number of amides is 1. The fourth-order valence-corrected chi connectivity index (χ4v) is 2.72. The molecule has 1 aromatic carbocycles. The van der Waals surface area contributed by atoms with E-state index in [1.165, 1.54) is 6.42 Å². The summed E-state index contributed by atoms with van der Waals surface area (Å²) in [6, 6.07) is 7.48. The number of carbonyl (C=O) groups is 1. The maximum atomic E-state index is 12.1. The van der Waals surface area contributed by atoms with Gasteiger partial charge in [0.25, 0.3) is 5.91 Å². The minimum absolute atomic E-state index is 0.122. The summed E-state index contributed by atoms with van der Waals surface area (Å²) in [7, 11) is 0. The zero-order chi connectivity index (χ0) is 14.4. The van der Waals surface area contributed by atoms with E-state index in [-0.39, 0.29) is 5.91 Å². The van der Waals surface area contributed by atoms with Gasteiger partial charge in [0, 0.05) is 12.1 Å². The molecule has 1 amide bonds. The second-order valence-corrected chi connectivity index (χ2v) is 5.70. The zero-order valence-corrected chi connectivity index (χ0v) is 11.9. The highest BCUT2D eigenvalue weighted by Crippen LogP contribution is 2.27. The van der Waals surface area contributed by atoms with E-state index in [0.29, 0.717) is 18.7 Å². The van der Waals surface area contributed by atoms with Crippen molar-refractivity contribution in [2.45, 2.75) is 44.1 Å². The van der Waals surface area contributed by atoms with Gasteiger partial charge in [0.05, 0.1) is 5.60 Å². The summed E-state index contributed by atoms with van der Waals surface area (Å²) in [5.41, 5.74) is 6.55. The van der Waals surface area contributed by atoms with E-state index in [2.05, 4.69) is 5.32 Å². The molecule has 4 nitrogen and oxygen atoms in total. The monoisotopic (exact) mass is 276 g/mol. The Hall–Kier alpha value is -1.39. The van der Waals surface area contributed by atoms with Gasteiger partial charge in [0.15, 0.2) is 0 Å². The molecule has 1 aliphatic carbocycles. The van der Waals surface area contributed by atoms with Gasteiger partial charge in [-0.15, -0.1) is 0 Å². The fraction of sp³-hybridized carbons (Fsp3) is 0.562. The first-order valence-electron chi connectivity index (χ1n) is 7.43. The standard InChI is InChI=1S/C16H24N2O2/c17-11-8-13-4-6-14(7-5-13)15(19)18-12-16(20)9-2-1-3-10-16/h4-7,20H,1-3,8-12,17H2,(H,18,19). The smallest absolute Gasteiger partial charge is 0.251 e. The third kappa shape index (κ3) is 4.05. The maximum Gasteiger partial charge on any atom is 0.251 e. The Morgan fingerprint density at radius 3 is 2.45 bits per heavy atom. The van der Waals surface area contributed by atoms with Gasteiger partial charge < -0.3 is 16.2 Å². The number of nitrogens with one attached hydrogen (secondary N) is 1. The zero-order valence-electron chi connectivity index (χ0n) is 11.9. The molecule has 110 valence electrons. The molecule has 0 saturated heterocycles. The normalized spacial score (nSPS) is 17.7. The van der Waals surface area contributed by atoms with Crippen LogP contribution in [0, 0.1) is 0 Å². The molecule has 0 radical (unpaired) electrons. The molecular weight excluding hydrogens is 252 g/mol. The first-order valence-corrected chi connectivity index (χ1v) is 7.43. The summed E-state index contributed by atoms with van der Waals surface area (Å²) in [6.07, 6.45) is 5.65. The molecule has 0 aromatic heterocycles. The van der Waals surface area contributed by atoms with Crippen LogP contribution in [0.15, 0.2) is 24.3 Å². The van der Waals surface area contributed by atoms with Crippen molar-refractivity contribution in [3.05, 3.63) is 35.4 Å². The van der Waals surface area contributed by atoms with Crippen LogP contribution in [0.5, 0.6) is 0 Å². The Bertz CT molecular complexity index is 436. The Morgan fingerprint density at radius 1 is 1.20 bits per heavy atom. The Balaban J connectivity index is 1.87. The van der Waals surface area contributed by atoms with E-state index in [1.54, 1.807) is 0 Å². The van der Waals surface area contributed by atoms with Crippen molar-refractivity contribution in [2.75, 3.05) is 13.1 Å². The molecule has 0 bridgehead atoms.